The first-order chi connectivity index (χ1) is 6.38. The number of benzene rings is 2. The SMILES string of the molecule is Oc1ccccc1-c1ccccc1.[CH3-].[CH3-].[CH3-].[Ti+3]. The van der Waals surface area contributed by atoms with E-state index in [1.165, 1.54) is 0 Å². The zero-order valence-electron chi connectivity index (χ0n) is 10.6. The Kier molecular flexibility index (Phi) is 12.7. The molecule has 0 aliphatic carbocycles. The fourth-order valence-electron chi connectivity index (χ4n) is 1.34. The number of phenolic OH excluding ortho intramolecular Hbond substituents is 1. The van der Waals surface area contributed by atoms with Crippen molar-refractivity contribution in [2.45, 2.75) is 0 Å². The smallest absolute Gasteiger partial charge is 0.507 e. The summed E-state index contributed by atoms with van der Waals surface area (Å²) in [4.78, 5) is 0. The van der Waals surface area contributed by atoms with Gasteiger partial charge in [0.2, 0.25) is 0 Å². The van der Waals surface area contributed by atoms with Gasteiger partial charge >= 0.3 is 21.7 Å². The quantitative estimate of drug-likeness (QED) is 0.597. The third-order valence-electron chi connectivity index (χ3n) is 1.99. The molecule has 2 aromatic carbocycles. The van der Waals surface area contributed by atoms with Gasteiger partial charge in [-0.2, -0.15) is 0 Å². The molecule has 1 nitrogen and oxygen atoms in total. The van der Waals surface area contributed by atoms with Crippen LogP contribution in [0.4, 0.5) is 0 Å². The average Bonchev–Trinajstić information content (AvgIpc) is 2.20. The number of phenols is 1. The average molecular weight is 263 g/mol. The number of hydrogen-bond acceptors (Lipinski definition) is 1. The van der Waals surface area contributed by atoms with Gasteiger partial charge in [-0.1, -0.05) is 48.5 Å². The first-order valence-corrected chi connectivity index (χ1v) is 4.21. The molecule has 0 heterocycles. The van der Waals surface area contributed by atoms with Crippen LogP contribution in [0.3, 0.4) is 0 Å². The monoisotopic (exact) mass is 263 g/mol. The van der Waals surface area contributed by atoms with Gasteiger partial charge in [-0.3, -0.25) is 0 Å². The third-order valence-corrected chi connectivity index (χ3v) is 1.99. The van der Waals surface area contributed by atoms with Crippen LogP contribution in [0.5, 0.6) is 5.75 Å². The van der Waals surface area contributed by atoms with E-state index in [1.807, 2.05) is 48.5 Å². The van der Waals surface area contributed by atoms with Crippen LogP contribution in [-0.2, 0) is 21.7 Å². The summed E-state index contributed by atoms with van der Waals surface area (Å²) in [6.45, 7) is 0. The number of rotatable bonds is 1. The van der Waals surface area contributed by atoms with Crippen molar-refractivity contribution in [1.82, 2.24) is 0 Å². The largest absolute Gasteiger partial charge is 3.00 e. The maximum atomic E-state index is 9.56. The van der Waals surface area contributed by atoms with Gasteiger partial charge in [0.1, 0.15) is 5.75 Å². The molecule has 0 amide bonds. The molecule has 0 aromatic heterocycles. The molecule has 0 saturated carbocycles. The molecule has 0 bridgehead atoms. The minimum absolute atomic E-state index is 0. The fourth-order valence-corrected chi connectivity index (χ4v) is 1.34. The summed E-state index contributed by atoms with van der Waals surface area (Å²) >= 11 is 0. The third kappa shape index (κ3) is 5.21. The molecule has 0 saturated heterocycles. The molecule has 2 rings (SSSR count). The van der Waals surface area contributed by atoms with Crippen molar-refractivity contribution in [3.63, 3.8) is 0 Å². The number of para-hydroxylation sites is 1. The van der Waals surface area contributed by atoms with Crippen molar-refractivity contribution < 1.29 is 26.8 Å². The van der Waals surface area contributed by atoms with E-state index in [9.17, 15) is 5.11 Å². The van der Waals surface area contributed by atoms with Crippen LogP contribution in [-0.4, -0.2) is 5.11 Å². The molecule has 0 aliphatic rings. The standard InChI is InChI=1S/C12H10O.3CH3.Ti/c13-12-9-5-4-8-11(12)10-6-2-1-3-7-10;;;;/h1-9,13H;3*1H3;/q;3*-1;+3. The Morgan fingerprint density at radius 3 is 1.65 bits per heavy atom. The molecular weight excluding hydrogens is 244 g/mol. The van der Waals surface area contributed by atoms with Crippen LogP contribution >= 0.6 is 0 Å². The summed E-state index contributed by atoms with van der Waals surface area (Å²) in [5.41, 5.74) is 1.92. The first kappa shape index (κ1) is 21.3. The second-order valence-electron chi connectivity index (χ2n) is 2.88. The second-order valence-corrected chi connectivity index (χ2v) is 2.88. The van der Waals surface area contributed by atoms with Crippen molar-refractivity contribution in [2.75, 3.05) is 0 Å². The molecule has 0 atom stereocenters. The van der Waals surface area contributed by atoms with Gasteiger partial charge in [-0.05, 0) is 11.6 Å². The summed E-state index contributed by atoms with van der Waals surface area (Å²) < 4.78 is 0. The van der Waals surface area contributed by atoms with E-state index in [4.69, 9.17) is 0 Å². The second kappa shape index (κ2) is 10.1. The van der Waals surface area contributed by atoms with E-state index < -0.39 is 0 Å². The Labute approximate surface area is 120 Å². The molecule has 1 N–H and O–H groups in total. The molecule has 17 heavy (non-hydrogen) atoms. The Morgan fingerprint density at radius 1 is 0.647 bits per heavy atom. The van der Waals surface area contributed by atoms with Crippen molar-refractivity contribution in [3.05, 3.63) is 76.9 Å². The van der Waals surface area contributed by atoms with E-state index in [1.54, 1.807) is 6.07 Å². The van der Waals surface area contributed by atoms with E-state index in [0.717, 1.165) is 11.1 Å². The topological polar surface area (TPSA) is 20.2 Å². The molecule has 1 radical (unpaired) electrons. The maximum Gasteiger partial charge on any atom is 3.00 e. The Balaban J connectivity index is -0.000000490. The van der Waals surface area contributed by atoms with Crippen molar-refractivity contribution in [3.8, 4) is 16.9 Å². The first-order valence-electron chi connectivity index (χ1n) is 4.21. The van der Waals surface area contributed by atoms with E-state index >= 15 is 0 Å². The van der Waals surface area contributed by atoms with Crippen molar-refractivity contribution in [2.24, 2.45) is 0 Å². The normalized spacial score (nSPS) is 7.53. The summed E-state index contributed by atoms with van der Waals surface area (Å²) in [6.07, 6.45) is 0. The minimum atomic E-state index is 0. The predicted octanol–water partition coefficient (Wildman–Crippen LogP) is 4.41. The Morgan fingerprint density at radius 2 is 1.12 bits per heavy atom. The van der Waals surface area contributed by atoms with Gasteiger partial charge in [0, 0.05) is 5.56 Å². The predicted molar refractivity (Wildman–Crippen MR) is 72.8 cm³/mol. The van der Waals surface area contributed by atoms with Gasteiger partial charge in [0.25, 0.3) is 0 Å². The van der Waals surface area contributed by atoms with E-state index in [0.29, 0.717) is 5.75 Å². The molecule has 89 valence electrons. The summed E-state index contributed by atoms with van der Waals surface area (Å²) in [5.74, 6) is 0.328. The van der Waals surface area contributed by atoms with E-state index in [-0.39, 0.29) is 44.0 Å². The van der Waals surface area contributed by atoms with Gasteiger partial charge in [-0.25, -0.2) is 0 Å². The van der Waals surface area contributed by atoms with Crippen LogP contribution in [0, 0.1) is 22.3 Å². The van der Waals surface area contributed by atoms with Gasteiger partial charge in [-0.15, -0.1) is 0 Å². The molecule has 0 unspecified atom stereocenters. The number of hydrogen-bond donors (Lipinski definition) is 1. The molecule has 0 fully saturated rings. The number of aromatic hydroxyl groups is 1. The zero-order chi connectivity index (χ0) is 9.10. The summed E-state index contributed by atoms with van der Waals surface area (Å²) in [6, 6.07) is 17.2. The van der Waals surface area contributed by atoms with Crippen LogP contribution in [0.25, 0.3) is 11.1 Å². The Hall–Kier alpha value is -1.05. The zero-order valence-corrected chi connectivity index (χ0v) is 12.2. The fraction of sp³-hybridized carbons (Fsp3) is 0. The molecule has 0 spiro atoms. The van der Waals surface area contributed by atoms with Crippen LogP contribution in [0.2, 0.25) is 0 Å². The van der Waals surface area contributed by atoms with Crippen LogP contribution < -0.4 is 0 Å². The van der Waals surface area contributed by atoms with Crippen LogP contribution in [0.1, 0.15) is 0 Å². The summed E-state index contributed by atoms with van der Waals surface area (Å²) in [7, 11) is 0. The minimum Gasteiger partial charge on any atom is -0.507 e. The van der Waals surface area contributed by atoms with Crippen molar-refractivity contribution >= 4 is 0 Å². The van der Waals surface area contributed by atoms with Gasteiger partial charge < -0.3 is 27.4 Å². The molecular formula is C15H19OTi. The Bertz CT molecular complexity index is 399. The maximum absolute atomic E-state index is 9.56. The molecule has 2 aromatic rings. The van der Waals surface area contributed by atoms with Gasteiger partial charge in [0.15, 0.2) is 0 Å². The molecule has 2 heteroatoms. The summed E-state index contributed by atoms with van der Waals surface area (Å²) in [5, 5.41) is 9.56. The van der Waals surface area contributed by atoms with E-state index in [2.05, 4.69) is 0 Å². The van der Waals surface area contributed by atoms with Gasteiger partial charge in [0.05, 0.1) is 0 Å². The van der Waals surface area contributed by atoms with Crippen molar-refractivity contribution in [1.29, 1.82) is 0 Å². The van der Waals surface area contributed by atoms with Crippen LogP contribution in [0.15, 0.2) is 54.6 Å². The molecule has 0 aliphatic heterocycles.